The van der Waals surface area contributed by atoms with Crippen LogP contribution in [0.5, 0.6) is 0 Å². The number of carbonyl (C=O) groups excluding carboxylic acids is 1. The van der Waals surface area contributed by atoms with Crippen molar-refractivity contribution in [2.24, 2.45) is 5.73 Å². The molecule has 0 radical (unpaired) electrons. The summed E-state index contributed by atoms with van der Waals surface area (Å²) in [6, 6.07) is 12.3. The van der Waals surface area contributed by atoms with Gasteiger partial charge in [-0.15, -0.1) is 0 Å². The zero-order chi connectivity index (χ0) is 16.9. The first kappa shape index (κ1) is 17.0. The van der Waals surface area contributed by atoms with Crippen molar-refractivity contribution in [3.63, 3.8) is 0 Å². The first-order valence-corrected chi connectivity index (χ1v) is 7.13. The van der Waals surface area contributed by atoms with Gasteiger partial charge in [0, 0.05) is 19.5 Å². The Morgan fingerprint density at radius 3 is 1.96 bits per heavy atom. The van der Waals surface area contributed by atoms with Crippen molar-refractivity contribution in [2.75, 3.05) is 6.54 Å². The second kappa shape index (κ2) is 7.28. The molecule has 3 nitrogen and oxygen atoms in total. The van der Waals surface area contributed by atoms with E-state index in [4.69, 9.17) is 5.73 Å². The minimum absolute atomic E-state index is 0.112. The maximum atomic E-state index is 12.5. The Balaban J connectivity index is 2.03. The number of benzene rings is 2. The molecule has 122 valence electrons. The molecule has 1 amide bonds. The van der Waals surface area contributed by atoms with Crippen LogP contribution in [0.2, 0.25) is 0 Å². The summed E-state index contributed by atoms with van der Waals surface area (Å²) in [5, 5.41) is 2.74. The smallest absolute Gasteiger partial charge is 0.352 e. The van der Waals surface area contributed by atoms with Crippen LogP contribution in [0.1, 0.15) is 17.5 Å². The standard InChI is InChI=1S/C17H17F3N2O/c18-17(19,20)15-7-5-14(6-8-15)13-3-1-12(2-4-13)11-22-16(23)9-10-21/h1-8H,9-11,21H2,(H,22,23). The van der Waals surface area contributed by atoms with Crippen LogP contribution in [-0.4, -0.2) is 12.5 Å². The Bertz CT molecular complexity index is 649. The van der Waals surface area contributed by atoms with Gasteiger partial charge in [-0.1, -0.05) is 36.4 Å². The fraction of sp³-hybridized carbons (Fsp3) is 0.235. The molecule has 0 saturated carbocycles. The first-order chi connectivity index (χ1) is 10.9. The van der Waals surface area contributed by atoms with E-state index in [9.17, 15) is 18.0 Å². The lowest BCUT2D eigenvalue weighted by Crippen LogP contribution is -2.24. The van der Waals surface area contributed by atoms with E-state index in [2.05, 4.69) is 5.32 Å². The van der Waals surface area contributed by atoms with Crippen LogP contribution in [0, 0.1) is 0 Å². The van der Waals surface area contributed by atoms with Crippen LogP contribution in [-0.2, 0) is 17.5 Å². The zero-order valence-electron chi connectivity index (χ0n) is 12.4. The average Bonchev–Trinajstić information content (AvgIpc) is 2.53. The number of nitrogens with one attached hydrogen (secondary N) is 1. The Kier molecular flexibility index (Phi) is 5.39. The fourth-order valence-corrected chi connectivity index (χ4v) is 2.09. The predicted molar refractivity (Wildman–Crippen MR) is 82.4 cm³/mol. The summed E-state index contributed by atoms with van der Waals surface area (Å²) < 4.78 is 37.6. The van der Waals surface area contributed by atoms with Gasteiger partial charge in [0.2, 0.25) is 5.91 Å². The summed E-state index contributed by atoms with van der Waals surface area (Å²) in [6.45, 7) is 0.699. The van der Waals surface area contributed by atoms with Crippen molar-refractivity contribution in [3.05, 3.63) is 59.7 Å². The van der Waals surface area contributed by atoms with Gasteiger partial charge in [0.05, 0.1) is 5.56 Å². The minimum Gasteiger partial charge on any atom is -0.352 e. The molecule has 0 atom stereocenters. The predicted octanol–water partition coefficient (Wildman–Crippen LogP) is 3.34. The van der Waals surface area contributed by atoms with Crippen LogP contribution >= 0.6 is 0 Å². The summed E-state index contributed by atoms with van der Waals surface area (Å²) in [5.41, 5.74) is 7.05. The van der Waals surface area contributed by atoms with Crippen molar-refractivity contribution in [1.29, 1.82) is 0 Å². The Morgan fingerprint density at radius 1 is 0.957 bits per heavy atom. The van der Waals surface area contributed by atoms with E-state index >= 15 is 0 Å². The molecule has 2 aromatic rings. The highest BCUT2D eigenvalue weighted by molar-refractivity contribution is 5.76. The molecule has 3 N–H and O–H groups in total. The molecule has 0 heterocycles. The number of halogens is 3. The summed E-state index contributed by atoms with van der Waals surface area (Å²) in [7, 11) is 0. The summed E-state index contributed by atoms with van der Waals surface area (Å²) in [6.07, 6.45) is -4.05. The van der Waals surface area contributed by atoms with Crippen LogP contribution in [0.25, 0.3) is 11.1 Å². The molecule has 0 aliphatic carbocycles. The highest BCUT2D eigenvalue weighted by Crippen LogP contribution is 2.30. The number of nitrogens with two attached hydrogens (primary N) is 1. The van der Waals surface area contributed by atoms with Gasteiger partial charge in [0.15, 0.2) is 0 Å². The van der Waals surface area contributed by atoms with Crippen molar-refractivity contribution in [2.45, 2.75) is 19.1 Å². The Hall–Kier alpha value is -2.34. The molecule has 0 aliphatic rings. The SMILES string of the molecule is NCCC(=O)NCc1ccc(-c2ccc(C(F)(F)F)cc2)cc1. The first-order valence-electron chi connectivity index (χ1n) is 7.13. The van der Waals surface area contributed by atoms with Crippen molar-refractivity contribution >= 4 is 5.91 Å². The second-order valence-electron chi connectivity index (χ2n) is 5.09. The van der Waals surface area contributed by atoms with Gasteiger partial charge in [-0.05, 0) is 28.8 Å². The monoisotopic (exact) mass is 322 g/mol. The second-order valence-corrected chi connectivity index (χ2v) is 5.09. The Labute approximate surface area is 132 Å². The summed E-state index contributed by atoms with van der Waals surface area (Å²) in [4.78, 5) is 11.3. The highest BCUT2D eigenvalue weighted by atomic mass is 19.4. The number of hydrogen-bond acceptors (Lipinski definition) is 2. The molecule has 0 aromatic heterocycles. The average molecular weight is 322 g/mol. The maximum absolute atomic E-state index is 12.5. The van der Waals surface area contributed by atoms with Gasteiger partial charge in [-0.3, -0.25) is 4.79 Å². The van der Waals surface area contributed by atoms with Crippen molar-refractivity contribution in [3.8, 4) is 11.1 Å². The van der Waals surface area contributed by atoms with Gasteiger partial charge in [-0.25, -0.2) is 0 Å². The normalized spacial score (nSPS) is 11.3. The van der Waals surface area contributed by atoms with Gasteiger partial charge in [0.1, 0.15) is 0 Å². The lowest BCUT2D eigenvalue weighted by atomic mass is 10.0. The molecular formula is C17H17F3N2O. The molecule has 0 aliphatic heterocycles. The minimum atomic E-state index is -4.33. The van der Waals surface area contributed by atoms with Gasteiger partial charge >= 0.3 is 6.18 Å². The Morgan fingerprint density at radius 2 is 1.48 bits per heavy atom. The molecule has 0 saturated heterocycles. The van der Waals surface area contributed by atoms with Crippen molar-refractivity contribution < 1.29 is 18.0 Å². The number of carbonyl (C=O) groups is 1. The van der Waals surface area contributed by atoms with Crippen LogP contribution in [0.4, 0.5) is 13.2 Å². The molecule has 0 bridgehead atoms. The number of amides is 1. The molecular weight excluding hydrogens is 305 g/mol. The van der Waals surface area contributed by atoms with E-state index in [1.54, 1.807) is 0 Å². The van der Waals surface area contributed by atoms with Gasteiger partial charge in [-0.2, -0.15) is 13.2 Å². The van der Waals surface area contributed by atoms with E-state index < -0.39 is 11.7 Å². The summed E-state index contributed by atoms with van der Waals surface area (Å²) >= 11 is 0. The van der Waals surface area contributed by atoms with E-state index in [0.717, 1.165) is 23.3 Å². The largest absolute Gasteiger partial charge is 0.416 e. The molecule has 2 rings (SSSR count). The van der Waals surface area contributed by atoms with Gasteiger partial charge in [0.25, 0.3) is 0 Å². The topological polar surface area (TPSA) is 55.1 Å². The van der Waals surface area contributed by atoms with Gasteiger partial charge < -0.3 is 11.1 Å². The molecule has 0 spiro atoms. The summed E-state index contributed by atoms with van der Waals surface area (Å²) in [5.74, 6) is -0.112. The molecule has 0 unspecified atom stereocenters. The molecule has 2 aromatic carbocycles. The zero-order valence-corrected chi connectivity index (χ0v) is 12.4. The highest BCUT2D eigenvalue weighted by Gasteiger charge is 2.29. The third-order valence-corrected chi connectivity index (χ3v) is 3.36. The lowest BCUT2D eigenvalue weighted by molar-refractivity contribution is -0.137. The quantitative estimate of drug-likeness (QED) is 0.887. The maximum Gasteiger partial charge on any atom is 0.416 e. The van der Waals surface area contributed by atoms with E-state index in [1.807, 2.05) is 24.3 Å². The van der Waals surface area contributed by atoms with E-state index in [-0.39, 0.29) is 12.3 Å². The van der Waals surface area contributed by atoms with Crippen LogP contribution in [0.15, 0.2) is 48.5 Å². The van der Waals surface area contributed by atoms with Crippen LogP contribution in [0.3, 0.4) is 0 Å². The molecule has 6 heteroatoms. The lowest BCUT2D eigenvalue weighted by Gasteiger charge is -2.09. The van der Waals surface area contributed by atoms with E-state index in [0.29, 0.717) is 18.7 Å². The molecule has 23 heavy (non-hydrogen) atoms. The van der Waals surface area contributed by atoms with E-state index in [1.165, 1.54) is 12.1 Å². The fourth-order valence-electron chi connectivity index (χ4n) is 2.09. The number of hydrogen-bond donors (Lipinski definition) is 2. The van der Waals surface area contributed by atoms with Crippen molar-refractivity contribution in [1.82, 2.24) is 5.32 Å². The van der Waals surface area contributed by atoms with Crippen LogP contribution < -0.4 is 11.1 Å². The third kappa shape index (κ3) is 4.82. The third-order valence-electron chi connectivity index (χ3n) is 3.36. The molecule has 0 fully saturated rings. The number of rotatable bonds is 5. The number of alkyl halides is 3.